The van der Waals surface area contributed by atoms with Crippen LogP contribution in [0.25, 0.3) is 0 Å². The Kier molecular flexibility index (Phi) is 7.21. The van der Waals surface area contributed by atoms with E-state index in [1.54, 1.807) is 12.0 Å². The van der Waals surface area contributed by atoms with Crippen molar-refractivity contribution in [2.75, 3.05) is 13.7 Å². The third-order valence-corrected chi connectivity index (χ3v) is 4.22. The standard InChI is InChI=1S/C21H25NO4/c1-16-10-11-18(13-19(16)26-2)14-20(23)22(12-6-9-21(24)25)15-17-7-4-3-5-8-17/h3-5,7-8,10-11,13H,6,9,12,14-15H2,1-2H3,(H,24,25). The minimum atomic E-state index is -0.847. The Morgan fingerprint density at radius 3 is 2.46 bits per heavy atom. The second-order valence-electron chi connectivity index (χ2n) is 6.28. The largest absolute Gasteiger partial charge is 0.496 e. The lowest BCUT2D eigenvalue weighted by atomic mass is 10.1. The molecule has 0 radical (unpaired) electrons. The fourth-order valence-electron chi connectivity index (χ4n) is 2.78. The smallest absolute Gasteiger partial charge is 0.303 e. The van der Waals surface area contributed by atoms with Crippen LogP contribution in [-0.2, 0) is 22.6 Å². The van der Waals surface area contributed by atoms with Gasteiger partial charge in [0.2, 0.25) is 5.91 Å². The maximum atomic E-state index is 12.8. The fraction of sp³-hybridized carbons (Fsp3) is 0.333. The Bertz CT molecular complexity index is 743. The molecule has 0 aliphatic heterocycles. The van der Waals surface area contributed by atoms with Gasteiger partial charge in [-0.3, -0.25) is 9.59 Å². The molecule has 0 atom stereocenters. The van der Waals surface area contributed by atoms with E-state index in [1.165, 1.54) is 0 Å². The number of carboxylic acids is 1. The van der Waals surface area contributed by atoms with Crippen molar-refractivity contribution in [3.05, 3.63) is 65.2 Å². The van der Waals surface area contributed by atoms with Crippen molar-refractivity contribution in [3.8, 4) is 5.75 Å². The fourth-order valence-corrected chi connectivity index (χ4v) is 2.78. The van der Waals surface area contributed by atoms with Gasteiger partial charge in [0.1, 0.15) is 5.75 Å². The van der Waals surface area contributed by atoms with Gasteiger partial charge < -0.3 is 14.7 Å². The van der Waals surface area contributed by atoms with Crippen molar-refractivity contribution in [1.29, 1.82) is 0 Å². The zero-order chi connectivity index (χ0) is 18.9. The van der Waals surface area contributed by atoms with Gasteiger partial charge in [-0.15, -0.1) is 0 Å². The summed E-state index contributed by atoms with van der Waals surface area (Å²) in [5, 5.41) is 8.86. The number of aliphatic carboxylic acids is 1. The molecule has 0 aliphatic carbocycles. The van der Waals surface area contributed by atoms with Crippen LogP contribution in [0.15, 0.2) is 48.5 Å². The highest BCUT2D eigenvalue weighted by Gasteiger charge is 2.16. The summed E-state index contributed by atoms with van der Waals surface area (Å²) in [6.07, 6.45) is 0.749. The summed E-state index contributed by atoms with van der Waals surface area (Å²) in [5.74, 6) is -0.110. The first-order valence-corrected chi connectivity index (χ1v) is 8.66. The monoisotopic (exact) mass is 355 g/mol. The number of rotatable bonds is 9. The SMILES string of the molecule is COc1cc(CC(=O)N(CCCC(=O)O)Cc2ccccc2)ccc1C. The predicted octanol–water partition coefficient (Wildman–Crippen LogP) is 3.44. The number of nitrogens with zero attached hydrogens (tertiary/aromatic N) is 1. The molecule has 0 aliphatic rings. The number of carbonyl (C=O) groups excluding carboxylic acids is 1. The highest BCUT2D eigenvalue weighted by Crippen LogP contribution is 2.20. The summed E-state index contributed by atoms with van der Waals surface area (Å²) in [6.45, 7) is 2.85. The third-order valence-electron chi connectivity index (χ3n) is 4.22. The molecule has 2 rings (SSSR count). The summed E-state index contributed by atoms with van der Waals surface area (Å²) in [6, 6.07) is 15.5. The molecule has 2 aromatic rings. The number of carbonyl (C=O) groups is 2. The van der Waals surface area contributed by atoms with E-state index >= 15 is 0 Å². The van der Waals surface area contributed by atoms with Crippen molar-refractivity contribution >= 4 is 11.9 Å². The molecule has 5 nitrogen and oxygen atoms in total. The predicted molar refractivity (Wildman–Crippen MR) is 100 cm³/mol. The molecule has 0 unspecified atom stereocenters. The highest BCUT2D eigenvalue weighted by molar-refractivity contribution is 5.79. The van der Waals surface area contributed by atoms with E-state index in [0.717, 1.165) is 22.4 Å². The molecular formula is C21H25NO4. The molecule has 1 amide bonds. The van der Waals surface area contributed by atoms with Crippen LogP contribution in [-0.4, -0.2) is 35.5 Å². The molecule has 1 N–H and O–H groups in total. The van der Waals surface area contributed by atoms with Crippen molar-refractivity contribution in [1.82, 2.24) is 4.90 Å². The van der Waals surface area contributed by atoms with E-state index in [1.807, 2.05) is 55.5 Å². The molecule has 2 aromatic carbocycles. The van der Waals surface area contributed by atoms with Gasteiger partial charge in [-0.2, -0.15) is 0 Å². The molecule has 26 heavy (non-hydrogen) atoms. The molecular weight excluding hydrogens is 330 g/mol. The lowest BCUT2D eigenvalue weighted by Gasteiger charge is -2.23. The first-order valence-electron chi connectivity index (χ1n) is 8.66. The maximum Gasteiger partial charge on any atom is 0.303 e. The number of hydrogen-bond donors (Lipinski definition) is 1. The van der Waals surface area contributed by atoms with E-state index in [-0.39, 0.29) is 18.7 Å². The minimum Gasteiger partial charge on any atom is -0.496 e. The summed E-state index contributed by atoms with van der Waals surface area (Å²) < 4.78 is 5.32. The van der Waals surface area contributed by atoms with Gasteiger partial charge in [0.05, 0.1) is 13.5 Å². The van der Waals surface area contributed by atoms with E-state index in [2.05, 4.69) is 0 Å². The molecule has 0 saturated heterocycles. The van der Waals surface area contributed by atoms with Crippen LogP contribution < -0.4 is 4.74 Å². The van der Waals surface area contributed by atoms with Crippen molar-refractivity contribution < 1.29 is 19.4 Å². The van der Waals surface area contributed by atoms with E-state index in [4.69, 9.17) is 9.84 Å². The number of carboxylic acid groups (broad SMARTS) is 1. The number of methoxy groups -OCH3 is 1. The molecule has 138 valence electrons. The Labute approximate surface area is 154 Å². The Morgan fingerprint density at radius 1 is 1.08 bits per heavy atom. The zero-order valence-corrected chi connectivity index (χ0v) is 15.3. The van der Waals surface area contributed by atoms with Crippen molar-refractivity contribution in [2.24, 2.45) is 0 Å². The molecule has 0 fully saturated rings. The Morgan fingerprint density at radius 2 is 1.81 bits per heavy atom. The van der Waals surface area contributed by atoms with Gasteiger partial charge in [0.15, 0.2) is 0 Å². The number of benzene rings is 2. The zero-order valence-electron chi connectivity index (χ0n) is 15.3. The number of amides is 1. The summed E-state index contributed by atoms with van der Waals surface area (Å²) in [7, 11) is 1.61. The Balaban J connectivity index is 2.09. The average molecular weight is 355 g/mol. The molecule has 0 spiro atoms. The van der Waals surface area contributed by atoms with E-state index < -0.39 is 5.97 Å². The van der Waals surface area contributed by atoms with Crippen molar-refractivity contribution in [3.63, 3.8) is 0 Å². The third kappa shape index (κ3) is 5.92. The van der Waals surface area contributed by atoms with Crippen molar-refractivity contribution in [2.45, 2.75) is 32.7 Å². The van der Waals surface area contributed by atoms with Gasteiger partial charge in [0.25, 0.3) is 0 Å². The normalized spacial score (nSPS) is 10.4. The van der Waals surface area contributed by atoms with Crippen LogP contribution in [0.2, 0.25) is 0 Å². The summed E-state index contributed by atoms with van der Waals surface area (Å²) in [4.78, 5) is 25.3. The van der Waals surface area contributed by atoms with Crippen LogP contribution >= 0.6 is 0 Å². The molecule has 0 heterocycles. The van der Waals surface area contributed by atoms with Crippen LogP contribution in [0, 0.1) is 6.92 Å². The molecule has 0 bridgehead atoms. The first kappa shape index (κ1) is 19.5. The van der Waals surface area contributed by atoms with E-state index in [9.17, 15) is 9.59 Å². The molecule has 5 heteroatoms. The number of ether oxygens (including phenoxy) is 1. The molecule has 0 aromatic heterocycles. The van der Waals surface area contributed by atoms with Crippen LogP contribution in [0.5, 0.6) is 5.75 Å². The van der Waals surface area contributed by atoms with Gasteiger partial charge in [0, 0.05) is 19.5 Å². The highest BCUT2D eigenvalue weighted by atomic mass is 16.5. The second-order valence-corrected chi connectivity index (χ2v) is 6.28. The van der Waals surface area contributed by atoms with Gasteiger partial charge >= 0.3 is 5.97 Å². The van der Waals surface area contributed by atoms with Gasteiger partial charge in [-0.25, -0.2) is 0 Å². The number of hydrogen-bond acceptors (Lipinski definition) is 3. The van der Waals surface area contributed by atoms with Crippen LogP contribution in [0.1, 0.15) is 29.5 Å². The van der Waals surface area contributed by atoms with Gasteiger partial charge in [-0.05, 0) is 36.1 Å². The lowest BCUT2D eigenvalue weighted by Crippen LogP contribution is -2.33. The quantitative estimate of drug-likeness (QED) is 0.748. The first-order chi connectivity index (χ1) is 12.5. The average Bonchev–Trinajstić information content (AvgIpc) is 2.63. The maximum absolute atomic E-state index is 12.8. The second kappa shape index (κ2) is 9.61. The van der Waals surface area contributed by atoms with E-state index in [0.29, 0.717) is 19.5 Å². The van der Waals surface area contributed by atoms with Crippen LogP contribution in [0.3, 0.4) is 0 Å². The summed E-state index contributed by atoms with van der Waals surface area (Å²) >= 11 is 0. The van der Waals surface area contributed by atoms with Gasteiger partial charge in [-0.1, -0.05) is 42.5 Å². The topological polar surface area (TPSA) is 66.8 Å². The minimum absolute atomic E-state index is 0.0230. The summed E-state index contributed by atoms with van der Waals surface area (Å²) in [5.41, 5.74) is 2.93. The Hall–Kier alpha value is -2.82. The lowest BCUT2D eigenvalue weighted by molar-refractivity contribution is -0.138. The van der Waals surface area contributed by atoms with Crippen LogP contribution in [0.4, 0.5) is 0 Å². The number of aryl methyl sites for hydroxylation is 1. The molecule has 0 saturated carbocycles.